The molecule has 1 saturated heterocycles. The Labute approximate surface area is 161 Å². The van der Waals surface area contributed by atoms with Gasteiger partial charge in [0.25, 0.3) is 5.91 Å². The van der Waals surface area contributed by atoms with Crippen LogP contribution in [0.25, 0.3) is 0 Å². The zero-order chi connectivity index (χ0) is 19.8. The van der Waals surface area contributed by atoms with Crippen LogP contribution in [-0.4, -0.2) is 72.8 Å². The average Bonchev–Trinajstić information content (AvgIpc) is 2.61. The van der Waals surface area contributed by atoms with Crippen molar-refractivity contribution in [3.05, 3.63) is 35.4 Å². The van der Waals surface area contributed by atoms with E-state index in [1.165, 1.54) is 0 Å². The molecule has 0 unspecified atom stereocenters. The molecule has 7 heteroatoms. The molecule has 0 aromatic heterocycles. The maximum Gasteiger partial charge on any atom is 0.251 e. The quantitative estimate of drug-likeness (QED) is 0.739. The van der Waals surface area contributed by atoms with Crippen molar-refractivity contribution >= 4 is 17.7 Å². The van der Waals surface area contributed by atoms with Gasteiger partial charge in [-0.15, -0.1) is 0 Å². The number of carbonyl (C=O) groups excluding carboxylic acids is 3. The van der Waals surface area contributed by atoms with Crippen LogP contribution in [0.5, 0.6) is 0 Å². The summed E-state index contributed by atoms with van der Waals surface area (Å²) >= 11 is 0. The van der Waals surface area contributed by atoms with E-state index in [2.05, 4.69) is 15.5 Å². The van der Waals surface area contributed by atoms with Gasteiger partial charge in [0.05, 0.1) is 6.54 Å². The first-order chi connectivity index (χ1) is 12.9. The van der Waals surface area contributed by atoms with Gasteiger partial charge in [-0.1, -0.05) is 18.2 Å². The topological polar surface area (TPSA) is 81.8 Å². The van der Waals surface area contributed by atoms with Crippen LogP contribution < -0.4 is 10.6 Å². The first-order valence-electron chi connectivity index (χ1n) is 9.50. The highest BCUT2D eigenvalue weighted by atomic mass is 16.2. The Hall–Kier alpha value is -2.41. The Morgan fingerprint density at radius 2 is 1.74 bits per heavy atom. The molecule has 148 valence electrons. The summed E-state index contributed by atoms with van der Waals surface area (Å²) in [5.74, 6) is -0.100. The molecule has 0 spiro atoms. The lowest BCUT2D eigenvalue weighted by Gasteiger charge is -2.34. The number of aryl methyl sites for hydroxylation is 1. The lowest BCUT2D eigenvalue weighted by molar-refractivity contribution is -0.133. The summed E-state index contributed by atoms with van der Waals surface area (Å²) < 4.78 is 0. The van der Waals surface area contributed by atoms with Crippen LogP contribution in [0.15, 0.2) is 24.3 Å². The van der Waals surface area contributed by atoms with Gasteiger partial charge in [0.2, 0.25) is 11.8 Å². The van der Waals surface area contributed by atoms with Gasteiger partial charge in [-0.3, -0.25) is 19.3 Å². The standard InChI is InChI=1S/C20H30N4O3/c1-15(2)22-18(25)14-23-10-12-24(13-11-23)19(26)8-9-21-20(27)17-7-5-4-6-16(17)3/h4-7,15H,8-14H2,1-3H3,(H,21,27)(H,22,25). The van der Waals surface area contributed by atoms with Crippen LogP contribution in [0, 0.1) is 6.92 Å². The highest BCUT2D eigenvalue weighted by Crippen LogP contribution is 2.07. The van der Waals surface area contributed by atoms with Crippen LogP contribution in [0.1, 0.15) is 36.2 Å². The van der Waals surface area contributed by atoms with E-state index in [0.717, 1.165) is 5.56 Å². The minimum atomic E-state index is -0.151. The van der Waals surface area contributed by atoms with Crippen molar-refractivity contribution < 1.29 is 14.4 Å². The Bertz CT molecular complexity index is 667. The third-order valence-corrected chi connectivity index (χ3v) is 4.56. The summed E-state index contributed by atoms with van der Waals surface area (Å²) in [5, 5.41) is 5.69. The van der Waals surface area contributed by atoms with E-state index >= 15 is 0 Å². The molecule has 1 aromatic carbocycles. The van der Waals surface area contributed by atoms with E-state index in [1.54, 1.807) is 11.0 Å². The van der Waals surface area contributed by atoms with Crippen LogP contribution in [0.2, 0.25) is 0 Å². The van der Waals surface area contributed by atoms with Crippen LogP contribution in [0.4, 0.5) is 0 Å². The van der Waals surface area contributed by atoms with E-state index in [-0.39, 0.29) is 30.2 Å². The number of hydrogen-bond acceptors (Lipinski definition) is 4. The van der Waals surface area contributed by atoms with Crippen LogP contribution >= 0.6 is 0 Å². The van der Waals surface area contributed by atoms with Crippen molar-refractivity contribution in [1.82, 2.24) is 20.4 Å². The second-order valence-electron chi connectivity index (χ2n) is 7.20. The predicted octanol–water partition coefficient (Wildman–Crippen LogP) is 0.784. The van der Waals surface area contributed by atoms with Gasteiger partial charge in [-0.25, -0.2) is 0 Å². The number of nitrogens with one attached hydrogen (secondary N) is 2. The minimum absolute atomic E-state index is 0.0173. The molecule has 7 nitrogen and oxygen atoms in total. The van der Waals surface area contributed by atoms with Gasteiger partial charge in [0.15, 0.2) is 0 Å². The first kappa shape index (κ1) is 20.9. The SMILES string of the molecule is Cc1ccccc1C(=O)NCCC(=O)N1CCN(CC(=O)NC(C)C)CC1. The Balaban J connectivity index is 1.68. The number of amides is 3. The molecule has 0 saturated carbocycles. The monoisotopic (exact) mass is 374 g/mol. The van der Waals surface area contributed by atoms with Gasteiger partial charge in [-0.05, 0) is 32.4 Å². The molecule has 2 N–H and O–H groups in total. The maximum atomic E-state index is 12.3. The fourth-order valence-corrected chi connectivity index (χ4v) is 3.09. The van der Waals surface area contributed by atoms with Gasteiger partial charge in [0, 0.05) is 50.7 Å². The molecular weight excluding hydrogens is 344 g/mol. The summed E-state index contributed by atoms with van der Waals surface area (Å²) in [6, 6.07) is 7.52. The van der Waals surface area contributed by atoms with Gasteiger partial charge in [-0.2, -0.15) is 0 Å². The van der Waals surface area contributed by atoms with Crippen molar-refractivity contribution in [2.45, 2.75) is 33.2 Å². The predicted molar refractivity (Wildman–Crippen MR) is 104 cm³/mol. The van der Waals surface area contributed by atoms with E-state index in [4.69, 9.17) is 0 Å². The molecule has 0 atom stereocenters. The molecule has 3 amide bonds. The first-order valence-corrected chi connectivity index (χ1v) is 9.50. The average molecular weight is 374 g/mol. The molecule has 1 heterocycles. The minimum Gasteiger partial charge on any atom is -0.353 e. The van der Waals surface area contributed by atoms with Crippen molar-refractivity contribution in [3.63, 3.8) is 0 Å². The largest absolute Gasteiger partial charge is 0.353 e. The molecule has 1 aliphatic heterocycles. The van der Waals surface area contributed by atoms with Crippen molar-refractivity contribution in [3.8, 4) is 0 Å². The number of nitrogens with zero attached hydrogens (tertiary/aromatic N) is 2. The number of piperazine rings is 1. The van der Waals surface area contributed by atoms with Crippen molar-refractivity contribution in [1.29, 1.82) is 0 Å². The summed E-state index contributed by atoms with van der Waals surface area (Å²) in [7, 11) is 0. The molecule has 1 aliphatic rings. The van der Waals surface area contributed by atoms with Gasteiger partial charge < -0.3 is 15.5 Å². The Morgan fingerprint density at radius 1 is 1.07 bits per heavy atom. The van der Waals surface area contributed by atoms with Gasteiger partial charge >= 0.3 is 0 Å². The fourth-order valence-electron chi connectivity index (χ4n) is 3.09. The van der Waals surface area contributed by atoms with E-state index < -0.39 is 0 Å². The highest BCUT2D eigenvalue weighted by Gasteiger charge is 2.22. The van der Waals surface area contributed by atoms with E-state index in [0.29, 0.717) is 44.8 Å². The Kier molecular flexibility index (Phi) is 7.79. The number of rotatable bonds is 7. The third kappa shape index (κ3) is 6.67. The second kappa shape index (κ2) is 10.1. The molecule has 0 bridgehead atoms. The normalized spacial score (nSPS) is 14.9. The molecule has 27 heavy (non-hydrogen) atoms. The number of hydrogen-bond donors (Lipinski definition) is 2. The molecular formula is C20H30N4O3. The zero-order valence-electron chi connectivity index (χ0n) is 16.5. The molecule has 2 rings (SSSR count). The lowest BCUT2D eigenvalue weighted by atomic mass is 10.1. The highest BCUT2D eigenvalue weighted by molar-refractivity contribution is 5.95. The van der Waals surface area contributed by atoms with E-state index in [1.807, 2.05) is 39.0 Å². The molecule has 0 aliphatic carbocycles. The van der Waals surface area contributed by atoms with Gasteiger partial charge in [0.1, 0.15) is 0 Å². The fraction of sp³-hybridized carbons (Fsp3) is 0.550. The number of benzene rings is 1. The lowest BCUT2D eigenvalue weighted by Crippen LogP contribution is -2.51. The zero-order valence-corrected chi connectivity index (χ0v) is 16.5. The summed E-state index contributed by atoms with van der Waals surface area (Å²) in [6.45, 7) is 9.05. The Morgan fingerprint density at radius 3 is 2.37 bits per heavy atom. The smallest absolute Gasteiger partial charge is 0.251 e. The summed E-state index contributed by atoms with van der Waals surface area (Å²) in [5.41, 5.74) is 1.55. The number of carbonyl (C=O) groups is 3. The molecule has 1 aromatic rings. The van der Waals surface area contributed by atoms with Crippen molar-refractivity contribution in [2.75, 3.05) is 39.3 Å². The van der Waals surface area contributed by atoms with E-state index in [9.17, 15) is 14.4 Å². The third-order valence-electron chi connectivity index (χ3n) is 4.56. The molecule has 0 radical (unpaired) electrons. The van der Waals surface area contributed by atoms with Crippen LogP contribution in [0.3, 0.4) is 0 Å². The van der Waals surface area contributed by atoms with Crippen LogP contribution in [-0.2, 0) is 9.59 Å². The maximum absolute atomic E-state index is 12.3. The summed E-state index contributed by atoms with van der Waals surface area (Å²) in [4.78, 5) is 40.2. The second-order valence-corrected chi connectivity index (χ2v) is 7.20. The summed E-state index contributed by atoms with van der Waals surface area (Å²) in [6.07, 6.45) is 0.283. The van der Waals surface area contributed by atoms with Crippen molar-refractivity contribution in [2.24, 2.45) is 0 Å². The molecule has 1 fully saturated rings.